The maximum atomic E-state index is 8.90. The van der Waals surface area contributed by atoms with Gasteiger partial charge in [0.2, 0.25) is 0 Å². The quantitative estimate of drug-likeness (QED) is 0.229. The van der Waals surface area contributed by atoms with E-state index in [0.29, 0.717) is 0 Å². The van der Waals surface area contributed by atoms with E-state index in [9.17, 15) is 0 Å². The second-order valence-corrected chi connectivity index (χ2v) is 2.32. The zero-order chi connectivity index (χ0) is 7.28. The Morgan fingerprint density at radius 1 is 1.44 bits per heavy atom. The summed E-state index contributed by atoms with van der Waals surface area (Å²) < 4.78 is 0. The van der Waals surface area contributed by atoms with Gasteiger partial charge in [-0.2, -0.15) is 0 Å². The molecule has 9 heavy (non-hydrogen) atoms. The smallest absolute Gasteiger partial charge is 0.170 e. The van der Waals surface area contributed by atoms with E-state index in [2.05, 4.69) is 11.7 Å². The van der Waals surface area contributed by atoms with Gasteiger partial charge in [-0.05, 0) is 6.72 Å². The average molecular weight is 130 g/mol. The van der Waals surface area contributed by atoms with Crippen LogP contribution in [0.1, 0.15) is 0 Å². The highest BCUT2D eigenvalue weighted by Gasteiger charge is 2.72. The number of nitrogens with zero attached hydrogens (tertiary/aromatic N) is 1. The second kappa shape index (κ2) is 1.32. The molecule has 0 spiro atoms. The first-order valence-electron chi connectivity index (χ1n) is 2.49. The first kappa shape index (κ1) is 6.63. The van der Waals surface area contributed by atoms with Crippen LogP contribution >= 0.6 is 0 Å². The van der Waals surface area contributed by atoms with Crippen LogP contribution in [0.25, 0.3) is 0 Å². The van der Waals surface area contributed by atoms with Crippen molar-refractivity contribution in [1.29, 1.82) is 0 Å². The Balaban J connectivity index is 2.81. The standard InChI is InChI=1S/C4H10N4O/c1-8-4(7)2(9)3(4,5)6/h2,9H,1,5-7H2. The number of nitrogens with two attached hydrogens (primary N) is 3. The third-order valence-electron chi connectivity index (χ3n) is 1.74. The summed E-state index contributed by atoms with van der Waals surface area (Å²) in [6, 6.07) is 0. The molecule has 1 rings (SSSR count). The van der Waals surface area contributed by atoms with E-state index >= 15 is 0 Å². The highest BCUT2D eigenvalue weighted by Crippen LogP contribution is 2.39. The summed E-state index contributed by atoms with van der Waals surface area (Å²) in [5.41, 5.74) is 13.4. The maximum absolute atomic E-state index is 8.90. The van der Waals surface area contributed by atoms with Gasteiger partial charge in [0.05, 0.1) is 0 Å². The molecule has 1 aliphatic rings. The molecule has 52 valence electrons. The van der Waals surface area contributed by atoms with Gasteiger partial charge in [-0.25, -0.2) is 0 Å². The van der Waals surface area contributed by atoms with Gasteiger partial charge in [0.15, 0.2) is 5.66 Å². The summed E-state index contributed by atoms with van der Waals surface area (Å²) in [5.74, 6) is 0. The first-order chi connectivity index (χ1) is 3.97. The number of hydrogen-bond donors (Lipinski definition) is 4. The molecule has 5 nitrogen and oxygen atoms in total. The van der Waals surface area contributed by atoms with Gasteiger partial charge in [-0.3, -0.25) is 4.99 Å². The predicted molar refractivity (Wildman–Crippen MR) is 33.6 cm³/mol. The van der Waals surface area contributed by atoms with Gasteiger partial charge in [0.1, 0.15) is 11.8 Å². The fourth-order valence-electron chi connectivity index (χ4n) is 0.729. The molecule has 5 heteroatoms. The SMILES string of the molecule is C=NC1(N)C(O)C1(N)N. The van der Waals surface area contributed by atoms with Crippen molar-refractivity contribution in [2.45, 2.75) is 17.4 Å². The molecule has 1 aliphatic carbocycles. The van der Waals surface area contributed by atoms with Gasteiger partial charge in [-0.1, -0.05) is 0 Å². The second-order valence-electron chi connectivity index (χ2n) is 2.32. The lowest BCUT2D eigenvalue weighted by atomic mass is 10.4. The normalized spacial score (nSPS) is 46.4. The first-order valence-corrected chi connectivity index (χ1v) is 2.49. The minimum Gasteiger partial charge on any atom is -0.386 e. The van der Waals surface area contributed by atoms with Crippen molar-refractivity contribution >= 4 is 6.72 Å². The van der Waals surface area contributed by atoms with Gasteiger partial charge in [0, 0.05) is 0 Å². The molecule has 1 fully saturated rings. The lowest BCUT2D eigenvalue weighted by molar-refractivity contribution is 0.236. The summed E-state index contributed by atoms with van der Waals surface area (Å²) >= 11 is 0. The molecule has 2 unspecified atom stereocenters. The van der Waals surface area contributed by atoms with Crippen molar-refractivity contribution in [2.75, 3.05) is 0 Å². The Bertz CT molecular complexity index is 157. The summed E-state index contributed by atoms with van der Waals surface area (Å²) in [7, 11) is 0. The van der Waals surface area contributed by atoms with Crippen molar-refractivity contribution in [1.82, 2.24) is 0 Å². The number of aliphatic hydroxyl groups excluding tert-OH is 1. The molecule has 0 amide bonds. The third kappa shape index (κ3) is 0.493. The number of aliphatic hydroxyl groups is 1. The Hall–Kier alpha value is -0.490. The fraction of sp³-hybridized carbons (Fsp3) is 0.750. The Kier molecular flexibility index (Phi) is 0.974. The van der Waals surface area contributed by atoms with E-state index in [0.717, 1.165) is 0 Å². The van der Waals surface area contributed by atoms with Crippen molar-refractivity contribution in [3.8, 4) is 0 Å². The fourth-order valence-corrected chi connectivity index (χ4v) is 0.729. The van der Waals surface area contributed by atoms with Crippen molar-refractivity contribution < 1.29 is 5.11 Å². The number of hydrogen-bond acceptors (Lipinski definition) is 5. The molecule has 0 heterocycles. The van der Waals surface area contributed by atoms with Crippen LogP contribution in [-0.2, 0) is 0 Å². The number of aliphatic imine (C=N–C) groups is 1. The Labute approximate surface area is 52.5 Å². The molecular formula is C4H10N4O. The van der Waals surface area contributed by atoms with E-state index in [4.69, 9.17) is 22.3 Å². The largest absolute Gasteiger partial charge is 0.386 e. The molecule has 0 saturated heterocycles. The zero-order valence-electron chi connectivity index (χ0n) is 4.91. The lowest BCUT2D eigenvalue weighted by Crippen LogP contribution is -2.47. The van der Waals surface area contributed by atoms with Gasteiger partial charge in [-0.15, -0.1) is 0 Å². The summed E-state index contributed by atoms with van der Waals surface area (Å²) in [4.78, 5) is 3.39. The summed E-state index contributed by atoms with van der Waals surface area (Å²) in [6.45, 7) is 3.15. The van der Waals surface area contributed by atoms with Gasteiger partial charge < -0.3 is 22.3 Å². The van der Waals surface area contributed by atoms with E-state index in [1.54, 1.807) is 0 Å². The molecule has 0 aliphatic heterocycles. The molecule has 0 aromatic heterocycles. The summed E-state index contributed by atoms with van der Waals surface area (Å²) in [5, 5.41) is 8.90. The highest BCUT2D eigenvalue weighted by atomic mass is 16.3. The van der Waals surface area contributed by atoms with Crippen LogP contribution in [0.15, 0.2) is 4.99 Å². The molecule has 2 atom stereocenters. The van der Waals surface area contributed by atoms with Crippen LogP contribution in [0.4, 0.5) is 0 Å². The predicted octanol–water partition coefficient (Wildman–Crippen LogP) is -2.67. The van der Waals surface area contributed by atoms with Crippen LogP contribution in [0, 0.1) is 0 Å². The average Bonchev–Trinajstić information content (AvgIpc) is 2.16. The van der Waals surface area contributed by atoms with Crippen molar-refractivity contribution in [3.05, 3.63) is 0 Å². The van der Waals surface area contributed by atoms with Crippen LogP contribution < -0.4 is 17.2 Å². The molecule has 0 aromatic rings. The van der Waals surface area contributed by atoms with Crippen LogP contribution in [0.3, 0.4) is 0 Å². The third-order valence-corrected chi connectivity index (χ3v) is 1.74. The zero-order valence-corrected chi connectivity index (χ0v) is 4.91. The molecule has 0 radical (unpaired) electrons. The Morgan fingerprint density at radius 2 is 1.78 bits per heavy atom. The van der Waals surface area contributed by atoms with Crippen LogP contribution in [-0.4, -0.2) is 29.3 Å². The summed E-state index contributed by atoms with van der Waals surface area (Å²) in [6.07, 6.45) is -0.970. The van der Waals surface area contributed by atoms with Crippen molar-refractivity contribution in [2.24, 2.45) is 22.2 Å². The van der Waals surface area contributed by atoms with E-state index < -0.39 is 17.4 Å². The van der Waals surface area contributed by atoms with Crippen LogP contribution in [0.5, 0.6) is 0 Å². The van der Waals surface area contributed by atoms with E-state index in [-0.39, 0.29) is 0 Å². The molecule has 0 aromatic carbocycles. The number of rotatable bonds is 1. The van der Waals surface area contributed by atoms with E-state index in [1.165, 1.54) is 0 Å². The lowest BCUT2D eigenvalue weighted by Gasteiger charge is -2.04. The highest BCUT2D eigenvalue weighted by molar-refractivity contribution is 5.37. The maximum Gasteiger partial charge on any atom is 0.170 e. The van der Waals surface area contributed by atoms with Gasteiger partial charge >= 0.3 is 0 Å². The van der Waals surface area contributed by atoms with Crippen LogP contribution in [0.2, 0.25) is 0 Å². The molecular weight excluding hydrogens is 120 g/mol. The Morgan fingerprint density at radius 3 is 1.78 bits per heavy atom. The monoisotopic (exact) mass is 130 g/mol. The minimum atomic E-state index is -1.28. The van der Waals surface area contributed by atoms with Gasteiger partial charge in [0.25, 0.3) is 0 Å². The molecule has 0 bridgehead atoms. The van der Waals surface area contributed by atoms with Crippen molar-refractivity contribution in [3.63, 3.8) is 0 Å². The molecule has 1 saturated carbocycles. The molecule has 7 N–H and O–H groups in total. The minimum absolute atomic E-state index is 0.970. The topological polar surface area (TPSA) is 111 Å². The van der Waals surface area contributed by atoms with E-state index in [1.807, 2.05) is 0 Å².